The van der Waals surface area contributed by atoms with Crippen molar-refractivity contribution in [3.8, 4) is 5.69 Å². The number of para-hydroxylation sites is 1. The second kappa shape index (κ2) is 9.32. The van der Waals surface area contributed by atoms with E-state index in [0.717, 1.165) is 31.9 Å². The normalized spacial score (nSPS) is 15.7. The number of nitrogens with one attached hydrogen (secondary N) is 1. The Labute approximate surface area is 182 Å². The van der Waals surface area contributed by atoms with Crippen LogP contribution in [0.4, 0.5) is 5.69 Å². The second-order valence-corrected chi connectivity index (χ2v) is 8.00. The first-order valence-corrected chi connectivity index (χ1v) is 10.6. The summed E-state index contributed by atoms with van der Waals surface area (Å²) in [5.74, 6) is -0.106. The third-order valence-electron chi connectivity index (χ3n) is 5.55. The summed E-state index contributed by atoms with van der Waals surface area (Å²) >= 11 is 5.93. The average Bonchev–Trinajstić information content (AvgIpc) is 3.29. The Morgan fingerprint density at radius 2 is 1.73 bits per heavy atom. The lowest BCUT2D eigenvalue weighted by atomic mass is 10.2. The number of hydrogen-bond acceptors (Lipinski definition) is 4. The van der Waals surface area contributed by atoms with Gasteiger partial charge in [0.2, 0.25) is 0 Å². The van der Waals surface area contributed by atoms with Gasteiger partial charge in [0.25, 0.3) is 5.91 Å². The molecule has 1 aromatic heterocycles. The van der Waals surface area contributed by atoms with Gasteiger partial charge in [0.15, 0.2) is 0 Å². The molecule has 30 heavy (non-hydrogen) atoms. The number of piperazine rings is 1. The second-order valence-electron chi connectivity index (χ2n) is 7.57. The molecule has 1 aliphatic rings. The van der Waals surface area contributed by atoms with E-state index in [2.05, 4.69) is 51.4 Å². The zero-order valence-electron chi connectivity index (χ0n) is 17.0. The molecular weight excluding hydrogens is 398 g/mol. The van der Waals surface area contributed by atoms with Crippen molar-refractivity contribution < 1.29 is 4.79 Å². The number of carbonyl (C=O) groups is 1. The van der Waals surface area contributed by atoms with Crippen LogP contribution >= 0.6 is 11.6 Å². The van der Waals surface area contributed by atoms with Gasteiger partial charge in [0.1, 0.15) is 0 Å². The van der Waals surface area contributed by atoms with E-state index in [-0.39, 0.29) is 11.9 Å². The van der Waals surface area contributed by atoms with Gasteiger partial charge in [0, 0.05) is 55.7 Å². The maximum atomic E-state index is 12.6. The lowest BCUT2D eigenvalue weighted by Gasteiger charge is -2.39. The van der Waals surface area contributed by atoms with E-state index >= 15 is 0 Å². The van der Waals surface area contributed by atoms with Crippen molar-refractivity contribution in [2.75, 3.05) is 37.6 Å². The molecule has 2 aromatic carbocycles. The molecule has 1 atom stereocenters. The monoisotopic (exact) mass is 423 g/mol. The van der Waals surface area contributed by atoms with Gasteiger partial charge < -0.3 is 10.2 Å². The van der Waals surface area contributed by atoms with Crippen LogP contribution in [0.25, 0.3) is 5.69 Å². The molecule has 1 saturated heterocycles. The Bertz CT molecular complexity index is 965. The molecule has 2 heterocycles. The third-order valence-corrected chi connectivity index (χ3v) is 5.80. The molecule has 6 nitrogen and oxygen atoms in total. The van der Waals surface area contributed by atoms with Gasteiger partial charge in [-0.05, 0) is 43.3 Å². The Morgan fingerprint density at radius 3 is 2.43 bits per heavy atom. The Balaban J connectivity index is 1.26. The summed E-state index contributed by atoms with van der Waals surface area (Å²) in [7, 11) is 0. The van der Waals surface area contributed by atoms with Crippen molar-refractivity contribution in [3.63, 3.8) is 0 Å². The molecule has 3 aromatic rings. The standard InChI is InChI=1S/C23H26ClN5O/c1-18(27-11-13-28(14-12-27)21-5-3-2-4-6-21)15-25-23(30)19-16-26-29(17-19)22-9-7-20(24)8-10-22/h2-10,16-18H,11-15H2,1H3,(H,25,30). The van der Waals surface area contributed by atoms with E-state index in [1.165, 1.54) is 5.69 Å². The first-order valence-electron chi connectivity index (χ1n) is 10.2. The topological polar surface area (TPSA) is 53.4 Å². The van der Waals surface area contributed by atoms with E-state index in [1.54, 1.807) is 29.2 Å². The molecule has 0 saturated carbocycles. The SMILES string of the molecule is CC(CNC(=O)c1cnn(-c2ccc(Cl)cc2)c1)N1CCN(c2ccccc2)CC1. The summed E-state index contributed by atoms with van der Waals surface area (Å²) in [5, 5.41) is 8.00. The van der Waals surface area contributed by atoms with Crippen LogP contribution in [0, 0.1) is 0 Å². The number of halogens is 1. The molecule has 0 spiro atoms. The van der Waals surface area contributed by atoms with Crippen LogP contribution in [0.1, 0.15) is 17.3 Å². The minimum atomic E-state index is -0.106. The zero-order chi connectivity index (χ0) is 20.9. The van der Waals surface area contributed by atoms with Crippen LogP contribution in [0.3, 0.4) is 0 Å². The molecule has 1 N–H and O–H groups in total. The van der Waals surface area contributed by atoms with Crippen molar-refractivity contribution in [2.24, 2.45) is 0 Å². The van der Waals surface area contributed by atoms with Gasteiger partial charge in [-0.2, -0.15) is 5.10 Å². The number of anilines is 1. The van der Waals surface area contributed by atoms with Gasteiger partial charge in [0.05, 0.1) is 17.4 Å². The van der Waals surface area contributed by atoms with Gasteiger partial charge in [-0.25, -0.2) is 4.68 Å². The highest BCUT2D eigenvalue weighted by molar-refractivity contribution is 6.30. The van der Waals surface area contributed by atoms with Crippen molar-refractivity contribution >= 4 is 23.2 Å². The Kier molecular flexibility index (Phi) is 6.35. The van der Waals surface area contributed by atoms with Crippen molar-refractivity contribution in [1.82, 2.24) is 20.0 Å². The van der Waals surface area contributed by atoms with Gasteiger partial charge in [-0.3, -0.25) is 9.69 Å². The van der Waals surface area contributed by atoms with Crippen LogP contribution in [-0.4, -0.2) is 59.4 Å². The summed E-state index contributed by atoms with van der Waals surface area (Å²) in [6, 6.07) is 18.1. The summed E-state index contributed by atoms with van der Waals surface area (Å²) < 4.78 is 1.68. The number of rotatable bonds is 6. The molecule has 1 aliphatic heterocycles. The minimum absolute atomic E-state index is 0.106. The number of amides is 1. The first-order chi connectivity index (χ1) is 14.6. The predicted octanol–water partition coefficient (Wildman–Crippen LogP) is 3.47. The molecule has 0 radical (unpaired) electrons. The number of benzene rings is 2. The maximum Gasteiger partial charge on any atom is 0.254 e. The lowest BCUT2D eigenvalue weighted by Crippen LogP contribution is -2.52. The number of hydrogen-bond donors (Lipinski definition) is 1. The van der Waals surface area contributed by atoms with Crippen molar-refractivity contribution in [1.29, 1.82) is 0 Å². The Hall–Kier alpha value is -2.83. The van der Waals surface area contributed by atoms with Crippen molar-refractivity contribution in [3.05, 3.63) is 77.6 Å². The fourth-order valence-electron chi connectivity index (χ4n) is 3.71. The first kappa shape index (κ1) is 20.4. The van der Waals surface area contributed by atoms with Crippen LogP contribution in [0.15, 0.2) is 67.0 Å². The summed E-state index contributed by atoms with van der Waals surface area (Å²) in [5.41, 5.74) is 2.69. The van der Waals surface area contributed by atoms with Crippen LogP contribution in [0.5, 0.6) is 0 Å². The largest absolute Gasteiger partial charge is 0.369 e. The summed E-state index contributed by atoms with van der Waals surface area (Å²) in [4.78, 5) is 17.4. The molecule has 4 rings (SSSR count). The molecule has 156 valence electrons. The quantitative estimate of drug-likeness (QED) is 0.659. The molecular formula is C23H26ClN5O. The van der Waals surface area contributed by atoms with Crippen molar-refractivity contribution in [2.45, 2.75) is 13.0 Å². The fraction of sp³-hybridized carbons (Fsp3) is 0.304. The zero-order valence-corrected chi connectivity index (χ0v) is 17.8. The Morgan fingerprint density at radius 1 is 1.03 bits per heavy atom. The highest BCUT2D eigenvalue weighted by Crippen LogP contribution is 2.17. The summed E-state index contributed by atoms with van der Waals surface area (Å²) in [6.45, 7) is 6.74. The van der Waals surface area contributed by atoms with E-state index < -0.39 is 0 Å². The number of nitrogens with zero attached hydrogens (tertiary/aromatic N) is 4. The predicted molar refractivity (Wildman–Crippen MR) is 121 cm³/mol. The molecule has 7 heteroatoms. The van der Waals surface area contributed by atoms with Gasteiger partial charge in [-0.1, -0.05) is 29.8 Å². The lowest BCUT2D eigenvalue weighted by molar-refractivity contribution is 0.0934. The van der Waals surface area contributed by atoms with Gasteiger partial charge in [-0.15, -0.1) is 0 Å². The highest BCUT2D eigenvalue weighted by atomic mass is 35.5. The maximum absolute atomic E-state index is 12.6. The third kappa shape index (κ3) is 4.83. The van der Waals surface area contributed by atoms with Crippen LogP contribution in [-0.2, 0) is 0 Å². The average molecular weight is 424 g/mol. The molecule has 1 unspecified atom stereocenters. The van der Waals surface area contributed by atoms with Gasteiger partial charge >= 0.3 is 0 Å². The van der Waals surface area contributed by atoms with E-state index in [1.807, 2.05) is 18.2 Å². The highest BCUT2D eigenvalue weighted by Gasteiger charge is 2.22. The fourth-order valence-corrected chi connectivity index (χ4v) is 3.83. The van der Waals surface area contributed by atoms with E-state index in [0.29, 0.717) is 17.1 Å². The van der Waals surface area contributed by atoms with Crippen LogP contribution in [0.2, 0.25) is 5.02 Å². The minimum Gasteiger partial charge on any atom is -0.369 e. The molecule has 0 bridgehead atoms. The number of aromatic nitrogens is 2. The molecule has 1 amide bonds. The summed E-state index contributed by atoms with van der Waals surface area (Å²) in [6.07, 6.45) is 3.33. The van der Waals surface area contributed by atoms with Crippen LogP contribution < -0.4 is 10.2 Å². The van der Waals surface area contributed by atoms with E-state index in [4.69, 9.17) is 11.6 Å². The smallest absolute Gasteiger partial charge is 0.254 e. The number of carbonyl (C=O) groups excluding carboxylic acids is 1. The van der Waals surface area contributed by atoms with E-state index in [9.17, 15) is 4.79 Å². The molecule has 0 aliphatic carbocycles. The molecule has 1 fully saturated rings.